The van der Waals surface area contributed by atoms with Crippen molar-refractivity contribution in [2.75, 3.05) is 18.2 Å². The highest BCUT2D eigenvalue weighted by Crippen LogP contribution is 2.18. The third-order valence-corrected chi connectivity index (χ3v) is 3.32. The summed E-state index contributed by atoms with van der Waals surface area (Å²) in [6.45, 7) is 6.39. The van der Waals surface area contributed by atoms with Gasteiger partial charge in [-0.25, -0.2) is 13.1 Å². The summed E-state index contributed by atoms with van der Waals surface area (Å²) in [6, 6.07) is 0. The van der Waals surface area contributed by atoms with Crippen LogP contribution < -0.4 is 4.72 Å². The van der Waals surface area contributed by atoms with Crippen molar-refractivity contribution in [2.24, 2.45) is 5.41 Å². The Hall–Kier alpha value is -0.0600. The minimum absolute atomic E-state index is 0.0424. The lowest BCUT2D eigenvalue weighted by molar-refractivity contribution is 0.396. The molecule has 0 heterocycles. The molecule has 0 rings (SSSR count). The van der Waals surface area contributed by atoms with Gasteiger partial charge in [0.25, 0.3) is 0 Å². The summed E-state index contributed by atoms with van der Waals surface area (Å²) >= 11 is 5.41. The first kappa shape index (κ1) is 14.9. The Morgan fingerprint density at radius 3 is 2.33 bits per heavy atom. The summed E-state index contributed by atoms with van der Waals surface area (Å²) in [5.74, 6) is 0.578. The second-order valence-corrected chi connectivity index (χ2v) is 6.84. The van der Waals surface area contributed by atoms with E-state index in [1.165, 1.54) is 0 Å². The van der Waals surface area contributed by atoms with Crippen molar-refractivity contribution in [1.82, 2.24) is 4.72 Å². The molecule has 0 aliphatic carbocycles. The lowest BCUT2D eigenvalue weighted by atomic mass is 9.94. The van der Waals surface area contributed by atoms with Crippen molar-refractivity contribution >= 4 is 21.6 Å². The monoisotopic (exact) mass is 253 g/mol. The van der Waals surface area contributed by atoms with Gasteiger partial charge in [0.15, 0.2) is 0 Å². The van der Waals surface area contributed by atoms with Crippen LogP contribution in [0.1, 0.15) is 27.2 Å². The van der Waals surface area contributed by atoms with E-state index >= 15 is 0 Å². The normalized spacial score (nSPS) is 13.6. The first-order chi connectivity index (χ1) is 6.77. The molecule has 0 aliphatic heterocycles. The van der Waals surface area contributed by atoms with Crippen LogP contribution in [0.5, 0.6) is 0 Å². The van der Waals surface area contributed by atoms with Crippen LogP contribution in [-0.2, 0) is 10.0 Å². The number of sulfonamides is 1. The zero-order valence-corrected chi connectivity index (χ0v) is 11.2. The number of hydrogen-bond donors (Lipinski definition) is 1. The maximum atomic E-state index is 11.5. The van der Waals surface area contributed by atoms with Crippen LogP contribution >= 0.6 is 11.6 Å². The second kappa shape index (κ2) is 6.51. The van der Waals surface area contributed by atoms with Crippen LogP contribution in [0.3, 0.4) is 0 Å². The molecular weight excluding hydrogens is 234 g/mol. The Kier molecular flexibility index (Phi) is 6.48. The first-order valence-electron chi connectivity index (χ1n) is 4.95. The van der Waals surface area contributed by atoms with Crippen molar-refractivity contribution in [3.8, 4) is 0 Å². The van der Waals surface area contributed by atoms with Gasteiger partial charge in [-0.15, -0.1) is 11.6 Å². The summed E-state index contributed by atoms with van der Waals surface area (Å²) in [5, 5.41) is 0. The van der Waals surface area contributed by atoms with E-state index in [0.29, 0.717) is 18.8 Å². The molecule has 0 unspecified atom stereocenters. The van der Waals surface area contributed by atoms with Gasteiger partial charge in [0.2, 0.25) is 10.0 Å². The lowest BCUT2D eigenvalue weighted by Gasteiger charge is -2.17. The zero-order chi connectivity index (χ0) is 11.9. The molecule has 0 aromatic rings. The van der Waals surface area contributed by atoms with Gasteiger partial charge >= 0.3 is 0 Å². The molecule has 0 aromatic carbocycles. The highest BCUT2D eigenvalue weighted by atomic mass is 35.5. The van der Waals surface area contributed by atoms with Gasteiger partial charge < -0.3 is 0 Å². The maximum Gasteiger partial charge on any atom is 0.211 e. The molecule has 3 nitrogen and oxygen atoms in total. The summed E-state index contributed by atoms with van der Waals surface area (Å²) in [6.07, 6.45) is 4.08. The van der Waals surface area contributed by atoms with Crippen molar-refractivity contribution in [1.29, 1.82) is 0 Å². The van der Waals surface area contributed by atoms with Crippen LogP contribution in [0.15, 0.2) is 12.2 Å². The second-order valence-electron chi connectivity index (χ2n) is 4.60. The fourth-order valence-electron chi connectivity index (χ4n) is 0.834. The molecule has 5 heteroatoms. The molecule has 0 amide bonds. The molecule has 0 saturated heterocycles. The molecule has 0 atom stereocenters. The van der Waals surface area contributed by atoms with Crippen molar-refractivity contribution in [2.45, 2.75) is 27.2 Å². The summed E-state index contributed by atoms with van der Waals surface area (Å²) in [4.78, 5) is 0. The highest BCUT2D eigenvalue weighted by Gasteiger charge is 2.16. The fourth-order valence-corrected chi connectivity index (χ4v) is 2.34. The Labute approximate surface area is 97.9 Å². The van der Waals surface area contributed by atoms with Gasteiger partial charge in [-0.05, 0) is 11.8 Å². The van der Waals surface area contributed by atoms with E-state index in [9.17, 15) is 8.42 Å². The molecule has 0 aliphatic rings. The third kappa shape index (κ3) is 10.2. The average Bonchev–Trinajstić information content (AvgIpc) is 2.09. The highest BCUT2D eigenvalue weighted by molar-refractivity contribution is 7.89. The molecule has 0 fully saturated rings. The molecule has 0 radical (unpaired) electrons. The van der Waals surface area contributed by atoms with E-state index in [1.807, 2.05) is 20.8 Å². The third-order valence-electron chi connectivity index (χ3n) is 1.80. The van der Waals surface area contributed by atoms with E-state index in [1.54, 1.807) is 12.2 Å². The minimum Gasteiger partial charge on any atom is -0.212 e. The lowest BCUT2D eigenvalue weighted by Crippen LogP contribution is -2.28. The van der Waals surface area contributed by atoms with E-state index in [-0.39, 0.29) is 11.2 Å². The topological polar surface area (TPSA) is 46.2 Å². The SMILES string of the molecule is CC(C)(C)CCS(=O)(=O)NC/C=C/CCl. The molecule has 0 saturated carbocycles. The number of hydrogen-bond acceptors (Lipinski definition) is 2. The number of halogens is 1. The smallest absolute Gasteiger partial charge is 0.211 e. The standard InChI is InChI=1S/C10H20ClNO2S/c1-10(2,3)6-9-15(13,14)12-8-5-4-7-11/h4-5,12H,6-9H2,1-3H3/b5-4+. The van der Waals surface area contributed by atoms with E-state index in [2.05, 4.69) is 4.72 Å². The van der Waals surface area contributed by atoms with Crippen molar-refractivity contribution in [3.63, 3.8) is 0 Å². The Balaban J connectivity index is 3.93. The van der Waals surface area contributed by atoms with Gasteiger partial charge in [0.05, 0.1) is 5.75 Å². The van der Waals surface area contributed by atoms with Crippen molar-refractivity contribution in [3.05, 3.63) is 12.2 Å². The molecule has 15 heavy (non-hydrogen) atoms. The molecule has 1 N–H and O–H groups in total. The molecule has 0 spiro atoms. The quantitative estimate of drug-likeness (QED) is 0.582. The van der Waals surface area contributed by atoms with E-state index in [0.717, 1.165) is 0 Å². The Morgan fingerprint density at radius 1 is 1.27 bits per heavy atom. The molecular formula is C10H20ClNO2S. The summed E-state index contributed by atoms with van der Waals surface area (Å²) in [7, 11) is -3.14. The van der Waals surface area contributed by atoms with Crippen LogP contribution in [0.4, 0.5) is 0 Å². The average molecular weight is 254 g/mol. The molecule has 0 aromatic heterocycles. The Bertz CT molecular complexity index is 291. The van der Waals surface area contributed by atoms with Crippen LogP contribution in [0.2, 0.25) is 0 Å². The summed E-state index contributed by atoms with van der Waals surface area (Å²) < 4.78 is 25.4. The van der Waals surface area contributed by atoms with Gasteiger partial charge in [0.1, 0.15) is 0 Å². The van der Waals surface area contributed by atoms with E-state index in [4.69, 9.17) is 11.6 Å². The van der Waals surface area contributed by atoms with Gasteiger partial charge in [-0.1, -0.05) is 32.9 Å². The first-order valence-corrected chi connectivity index (χ1v) is 7.14. The minimum atomic E-state index is -3.14. The maximum absolute atomic E-state index is 11.5. The van der Waals surface area contributed by atoms with Gasteiger partial charge in [-0.2, -0.15) is 0 Å². The molecule has 0 bridgehead atoms. The van der Waals surface area contributed by atoms with E-state index < -0.39 is 10.0 Å². The number of nitrogens with one attached hydrogen (secondary N) is 1. The van der Waals surface area contributed by atoms with Crippen LogP contribution in [-0.4, -0.2) is 26.6 Å². The predicted octanol–water partition coefficient (Wildman–Crippen LogP) is 2.14. The van der Waals surface area contributed by atoms with Crippen LogP contribution in [0, 0.1) is 5.41 Å². The van der Waals surface area contributed by atoms with Gasteiger partial charge in [0, 0.05) is 12.4 Å². The fraction of sp³-hybridized carbons (Fsp3) is 0.800. The number of allylic oxidation sites excluding steroid dienone is 1. The van der Waals surface area contributed by atoms with Gasteiger partial charge in [-0.3, -0.25) is 0 Å². The van der Waals surface area contributed by atoms with Crippen molar-refractivity contribution < 1.29 is 8.42 Å². The number of alkyl halides is 1. The summed E-state index contributed by atoms with van der Waals surface area (Å²) in [5.41, 5.74) is 0.0424. The zero-order valence-electron chi connectivity index (χ0n) is 9.59. The largest absolute Gasteiger partial charge is 0.212 e. The predicted molar refractivity (Wildman–Crippen MR) is 65.7 cm³/mol. The van der Waals surface area contributed by atoms with Crippen LogP contribution in [0.25, 0.3) is 0 Å². The Morgan fingerprint density at radius 2 is 1.87 bits per heavy atom. The number of rotatable bonds is 6. The molecule has 90 valence electrons.